The highest BCUT2D eigenvalue weighted by Gasteiger charge is 2.23. The van der Waals surface area contributed by atoms with Crippen molar-refractivity contribution in [2.75, 3.05) is 18.0 Å². The minimum atomic E-state index is -0.538. The Morgan fingerprint density at radius 2 is 2.19 bits per heavy atom. The molecule has 0 aromatic heterocycles. The molecule has 0 bridgehead atoms. The van der Waals surface area contributed by atoms with Crippen LogP contribution in [0, 0.1) is 10.1 Å². The van der Waals surface area contributed by atoms with Gasteiger partial charge in [0.1, 0.15) is 0 Å². The zero-order chi connectivity index (χ0) is 11.7. The first kappa shape index (κ1) is 10.7. The molecule has 0 spiro atoms. The summed E-state index contributed by atoms with van der Waals surface area (Å²) >= 11 is 5.76. The number of hydrogen-bond acceptors (Lipinski definition) is 3. The van der Waals surface area contributed by atoms with Gasteiger partial charge in [0, 0.05) is 30.2 Å². The molecule has 7 heteroatoms. The molecule has 0 aliphatic carbocycles. The highest BCUT2D eigenvalue weighted by Crippen LogP contribution is 2.27. The molecule has 6 nitrogen and oxygen atoms in total. The number of nitrogens with one attached hydrogen (secondary N) is 1. The van der Waals surface area contributed by atoms with Gasteiger partial charge in [0.25, 0.3) is 5.69 Å². The van der Waals surface area contributed by atoms with Gasteiger partial charge < -0.3 is 5.32 Å². The maximum absolute atomic E-state index is 11.4. The topological polar surface area (TPSA) is 75.5 Å². The van der Waals surface area contributed by atoms with Crippen LogP contribution < -0.4 is 10.2 Å². The number of nitrogens with zero attached hydrogens (tertiary/aromatic N) is 2. The Kier molecular flexibility index (Phi) is 2.66. The van der Waals surface area contributed by atoms with Gasteiger partial charge in [0.2, 0.25) is 0 Å². The summed E-state index contributed by atoms with van der Waals surface area (Å²) in [6.07, 6.45) is 0. The average Bonchev–Trinajstić information content (AvgIpc) is 2.63. The number of amides is 2. The highest BCUT2D eigenvalue weighted by molar-refractivity contribution is 6.31. The van der Waals surface area contributed by atoms with Crippen LogP contribution in [0.2, 0.25) is 5.02 Å². The molecule has 0 saturated carbocycles. The number of hydrogen-bond donors (Lipinski definition) is 1. The lowest BCUT2D eigenvalue weighted by atomic mass is 10.2. The fourth-order valence-corrected chi connectivity index (χ4v) is 1.76. The molecular formula is C9H8ClN3O3. The summed E-state index contributed by atoms with van der Waals surface area (Å²) in [6, 6.07) is 3.84. The van der Waals surface area contributed by atoms with Gasteiger partial charge in [-0.25, -0.2) is 4.79 Å². The fraction of sp³-hybridized carbons (Fsp3) is 0.222. The van der Waals surface area contributed by atoms with E-state index in [1.54, 1.807) is 0 Å². The molecule has 1 aliphatic heterocycles. The standard InChI is InChI=1S/C9H8ClN3O3/c10-6-3-7(5-8(4-6)13(15)16)12-2-1-11-9(12)14/h3-5H,1-2H2,(H,11,14). The molecule has 1 aliphatic rings. The number of nitro groups is 1. The second kappa shape index (κ2) is 3.97. The van der Waals surface area contributed by atoms with Crippen LogP contribution in [-0.2, 0) is 0 Å². The van der Waals surface area contributed by atoms with E-state index in [0.717, 1.165) is 0 Å². The Hall–Kier alpha value is -1.82. The third-order valence-electron chi connectivity index (χ3n) is 2.25. The molecule has 1 saturated heterocycles. The zero-order valence-electron chi connectivity index (χ0n) is 8.14. The van der Waals surface area contributed by atoms with Gasteiger partial charge in [-0.15, -0.1) is 0 Å². The van der Waals surface area contributed by atoms with Gasteiger partial charge >= 0.3 is 6.03 Å². The maximum Gasteiger partial charge on any atom is 0.322 e. The first-order chi connectivity index (χ1) is 7.58. The first-order valence-electron chi connectivity index (χ1n) is 4.58. The summed E-state index contributed by atoms with van der Waals surface area (Å²) in [4.78, 5) is 22.9. The minimum Gasteiger partial charge on any atom is -0.336 e. The van der Waals surface area contributed by atoms with Crippen LogP contribution in [0.15, 0.2) is 18.2 Å². The van der Waals surface area contributed by atoms with Crippen LogP contribution in [-0.4, -0.2) is 24.0 Å². The number of nitro benzene ring substituents is 1. The molecule has 1 N–H and O–H groups in total. The number of carbonyl (C=O) groups is 1. The van der Waals surface area contributed by atoms with E-state index in [1.165, 1.54) is 23.1 Å². The SMILES string of the molecule is O=C1NCCN1c1cc(Cl)cc([N+](=O)[O-])c1. The molecule has 2 rings (SSSR count). The smallest absolute Gasteiger partial charge is 0.322 e. The molecular weight excluding hydrogens is 234 g/mol. The Balaban J connectivity index is 2.40. The van der Waals surface area contributed by atoms with Crippen molar-refractivity contribution in [3.05, 3.63) is 33.3 Å². The monoisotopic (exact) mass is 241 g/mol. The van der Waals surface area contributed by atoms with Crippen molar-refractivity contribution >= 4 is 29.0 Å². The predicted molar refractivity (Wildman–Crippen MR) is 58.9 cm³/mol. The fourth-order valence-electron chi connectivity index (χ4n) is 1.54. The van der Waals surface area contributed by atoms with E-state index in [1.807, 2.05) is 0 Å². The summed E-state index contributed by atoms with van der Waals surface area (Å²) < 4.78 is 0. The molecule has 0 radical (unpaired) electrons. The Morgan fingerprint density at radius 3 is 2.75 bits per heavy atom. The molecule has 0 atom stereocenters. The molecule has 1 fully saturated rings. The average molecular weight is 242 g/mol. The summed E-state index contributed by atoms with van der Waals surface area (Å²) in [5.74, 6) is 0. The molecule has 1 aromatic carbocycles. The summed E-state index contributed by atoms with van der Waals surface area (Å²) in [7, 11) is 0. The van der Waals surface area contributed by atoms with Crippen molar-refractivity contribution in [2.45, 2.75) is 0 Å². The van der Waals surface area contributed by atoms with Gasteiger partial charge in [-0.1, -0.05) is 11.6 Å². The second-order valence-corrected chi connectivity index (χ2v) is 3.74. The van der Waals surface area contributed by atoms with Crippen molar-refractivity contribution in [3.8, 4) is 0 Å². The third-order valence-corrected chi connectivity index (χ3v) is 2.46. The first-order valence-corrected chi connectivity index (χ1v) is 4.96. The van der Waals surface area contributed by atoms with Crippen molar-refractivity contribution in [1.29, 1.82) is 0 Å². The molecule has 1 heterocycles. The lowest BCUT2D eigenvalue weighted by Gasteiger charge is -2.13. The predicted octanol–water partition coefficient (Wildman–Crippen LogP) is 1.78. The van der Waals surface area contributed by atoms with Crippen LogP contribution in [0.4, 0.5) is 16.2 Å². The van der Waals surface area contributed by atoms with E-state index < -0.39 is 4.92 Å². The summed E-state index contributed by atoms with van der Waals surface area (Å²) in [5.41, 5.74) is 0.316. The molecule has 84 valence electrons. The lowest BCUT2D eigenvalue weighted by Crippen LogP contribution is -2.27. The number of non-ortho nitro benzene ring substituents is 1. The Bertz CT molecular complexity index is 463. The number of carbonyl (C=O) groups excluding carboxylic acids is 1. The van der Waals surface area contributed by atoms with Crippen LogP contribution in [0.25, 0.3) is 0 Å². The van der Waals surface area contributed by atoms with Crippen molar-refractivity contribution in [2.24, 2.45) is 0 Å². The number of anilines is 1. The van der Waals surface area contributed by atoms with Crippen molar-refractivity contribution < 1.29 is 9.72 Å². The maximum atomic E-state index is 11.4. The van der Waals surface area contributed by atoms with E-state index in [4.69, 9.17) is 11.6 Å². The van der Waals surface area contributed by atoms with Gasteiger partial charge in [-0.05, 0) is 6.07 Å². The van der Waals surface area contributed by atoms with Gasteiger partial charge in [0.15, 0.2) is 0 Å². The quantitative estimate of drug-likeness (QED) is 0.633. The Morgan fingerprint density at radius 1 is 1.44 bits per heavy atom. The summed E-state index contributed by atoms with van der Waals surface area (Å²) in [6.45, 7) is 1.01. The second-order valence-electron chi connectivity index (χ2n) is 3.31. The highest BCUT2D eigenvalue weighted by atomic mass is 35.5. The lowest BCUT2D eigenvalue weighted by molar-refractivity contribution is -0.384. The van der Waals surface area contributed by atoms with Crippen molar-refractivity contribution in [3.63, 3.8) is 0 Å². The van der Waals surface area contributed by atoms with Gasteiger partial charge in [-0.3, -0.25) is 15.0 Å². The van der Waals surface area contributed by atoms with Crippen LogP contribution in [0.1, 0.15) is 0 Å². The van der Waals surface area contributed by atoms with E-state index in [0.29, 0.717) is 18.8 Å². The Labute approximate surface area is 95.9 Å². The summed E-state index contributed by atoms with van der Waals surface area (Å²) in [5, 5.41) is 13.5. The number of halogens is 1. The van der Waals surface area contributed by atoms with E-state index >= 15 is 0 Å². The van der Waals surface area contributed by atoms with E-state index in [-0.39, 0.29) is 16.7 Å². The van der Waals surface area contributed by atoms with Gasteiger partial charge in [-0.2, -0.15) is 0 Å². The normalized spacial score (nSPS) is 15.1. The third kappa shape index (κ3) is 1.92. The number of rotatable bonds is 2. The molecule has 1 aromatic rings. The minimum absolute atomic E-state index is 0.123. The van der Waals surface area contributed by atoms with E-state index in [9.17, 15) is 14.9 Å². The molecule has 16 heavy (non-hydrogen) atoms. The largest absolute Gasteiger partial charge is 0.336 e. The van der Waals surface area contributed by atoms with E-state index in [2.05, 4.69) is 5.32 Å². The molecule has 2 amide bonds. The van der Waals surface area contributed by atoms with Crippen LogP contribution in [0.5, 0.6) is 0 Å². The van der Waals surface area contributed by atoms with Crippen LogP contribution >= 0.6 is 11.6 Å². The number of urea groups is 1. The van der Waals surface area contributed by atoms with Gasteiger partial charge in [0.05, 0.1) is 10.6 Å². The van der Waals surface area contributed by atoms with Crippen molar-refractivity contribution in [1.82, 2.24) is 5.32 Å². The number of benzene rings is 1. The zero-order valence-corrected chi connectivity index (χ0v) is 8.90. The van der Waals surface area contributed by atoms with Crippen LogP contribution in [0.3, 0.4) is 0 Å². The molecule has 0 unspecified atom stereocenters.